The Labute approximate surface area is 164 Å². The van der Waals surface area contributed by atoms with Gasteiger partial charge in [0.1, 0.15) is 16.6 Å². The smallest absolute Gasteiger partial charge is 0.348 e. The van der Waals surface area contributed by atoms with Gasteiger partial charge in [0, 0.05) is 11.6 Å². The van der Waals surface area contributed by atoms with Crippen molar-refractivity contribution in [3.05, 3.63) is 69.2 Å². The van der Waals surface area contributed by atoms with E-state index in [0.717, 1.165) is 11.6 Å². The molecule has 7 nitrogen and oxygen atoms in total. The predicted octanol–water partition coefficient (Wildman–Crippen LogP) is 3.18. The van der Waals surface area contributed by atoms with Crippen molar-refractivity contribution in [2.45, 2.75) is 19.9 Å². The third kappa shape index (κ3) is 4.17. The standard InChI is InChI=1S/C20H18N2O5S/c1-11-10-28-19-17(11)20(25)27-18(22-19)12(2)21-16(24)8-7-15(23)13-5-4-6-14(9-13)26-3/h4-10,12H,1-3H3,(H,21,24)/b8-7+/t12-/m0/s1. The molecule has 3 rings (SSSR count). The zero-order valence-electron chi connectivity index (χ0n) is 15.5. The molecule has 144 valence electrons. The first kappa shape index (κ1) is 19.5. The largest absolute Gasteiger partial charge is 0.497 e. The van der Waals surface area contributed by atoms with E-state index in [1.165, 1.54) is 24.5 Å². The number of methoxy groups -OCH3 is 1. The van der Waals surface area contributed by atoms with E-state index in [4.69, 9.17) is 9.15 Å². The number of carbonyl (C=O) groups is 2. The van der Waals surface area contributed by atoms with Crippen LogP contribution in [0.5, 0.6) is 5.75 Å². The fraction of sp³-hybridized carbons (Fsp3) is 0.200. The van der Waals surface area contributed by atoms with Crippen LogP contribution in [0.15, 0.2) is 51.0 Å². The summed E-state index contributed by atoms with van der Waals surface area (Å²) in [4.78, 5) is 41.3. The highest BCUT2D eigenvalue weighted by Crippen LogP contribution is 2.22. The minimum atomic E-state index is -0.636. The number of aromatic nitrogens is 1. The Bertz CT molecular complexity index is 1130. The maximum absolute atomic E-state index is 12.2. The van der Waals surface area contributed by atoms with E-state index in [2.05, 4.69) is 10.3 Å². The van der Waals surface area contributed by atoms with Crippen LogP contribution in [0.4, 0.5) is 0 Å². The molecular weight excluding hydrogens is 380 g/mol. The van der Waals surface area contributed by atoms with Gasteiger partial charge in [-0.3, -0.25) is 9.59 Å². The number of allylic oxidation sites excluding steroid dienone is 1. The summed E-state index contributed by atoms with van der Waals surface area (Å²) in [5, 5.41) is 4.91. The van der Waals surface area contributed by atoms with Gasteiger partial charge in [-0.15, -0.1) is 11.3 Å². The molecule has 1 amide bonds. The molecule has 2 heterocycles. The molecule has 0 aliphatic heterocycles. The number of rotatable bonds is 6. The topological polar surface area (TPSA) is 98.5 Å². The zero-order valence-corrected chi connectivity index (χ0v) is 16.3. The summed E-state index contributed by atoms with van der Waals surface area (Å²) in [6, 6.07) is 6.00. The van der Waals surface area contributed by atoms with Crippen molar-refractivity contribution in [2.75, 3.05) is 7.11 Å². The van der Waals surface area contributed by atoms with Gasteiger partial charge >= 0.3 is 5.63 Å². The molecular formula is C20H18N2O5S. The Morgan fingerprint density at radius 1 is 1.32 bits per heavy atom. The average Bonchev–Trinajstić information content (AvgIpc) is 3.07. The first-order chi connectivity index (χ1) is 13.4. The molecule has 0 saturated carbocycles. The highest BCUT2D eigenvalue weighted by molar-refractivity contribution is 7.16. The number of hydrogen-bond acceptors (Lipinski definition) is 7. The van der Waals surface area contributed by atoms with Crippen LogP contribution < -0.4 is 15.7 Å². The van der Waals surface area contributed by atoms with E-state index < -0.39 is 17.6 Å². The van der Waals surface area contributed by atoms with Crippen molar-refractivity contribution in [3.63, 3.8) is 0 Å². The number of nitrogens with one attached hydrogen (secondary N) is 1. The second kappa shape index (κ2) is 8.18. The third-order valence-electron chi connectivity index (χ3n) is 4.04. The Kier molecular flexibility index (Phi) is 5.70. The quantitative estimate of drug-likeness (QED) is 0.506. The molecule has 1 aromatic carbocycles. The fourth-order valence-electron chi connectivity index (χ4n) is 2.56. The monoisotopic (exact) mass is 398 g/mol. The number of carbonyl (C=O) groups excluding carboxylic acids is 2. The van der Waals surface area contributed by atoms with Crippen LogP contribution in [0.2, 0.25) is 0 Å². The van der Waals surface area contributed by atoms with Crippen LogP contribution in [0.1, 0.15) is 34.8 Å². The van der Waals surface area contributed by atoms with E-state index in [1.807, 2.05) is 12.3 Å². The SMILES string of the molecule is COc1cccc(C(=O)/C=C/C(=O)N[C@@H](C)c2nc3scc(C)c3c(=O)o2)c1. The Morgan fingerprint density at radius 2 is 2.11 bits per heavy atom. The molecule has 28 heavy (non-hydrogen) atoms. The van der Waals surface area contributed by atoms with Gasteiger partial charge in [0.05, 0.1) is 12.5 Å². The fourth-order valence-corrected chi connectivity index (χ4v) is 3.47. The van der Waals surface area contributed by atoms with E-state index >= 15 is 0 Å². The second-order valence-corrected chi connectivity index (χ2v) is 6.96. The molecule has 0 unspecified atom stereocenters. The molecule has 0 aliphatic rings. The number of hydrogen-bond donors (Lipinski definition) is 1. The molecule has 1 N–H and O–H groups in total. The Morgan fingerprint density at radius 3 is 2.86 bits per heavy atom. The highest BCUT2D eigenvalue weighted by atomic mass is 32.1. The van der Waals surface area contributed by atoms with Gasteiger partial charge in [-0.05, 0) is 43.0 Å². The predicted molar refractivity (Wildman–Crippen MR) is 106 cm³/mol. The van der Waals surface area contributed by atoms with Gasteiger partial charge in [-0.25, -0.2) is 9.78 Å². The lowest BCUT2D eigenvalue weighted by molar-refractivity contribution is -0.117. The summed E-state index contributed by atoms with van der Waals surface area (Å²) >= 11 is 1.34. The first-order valence-corrected chi connectivity index (χ1v) is 9.33. The molecule has 0 aliphatic carbocycles. The molecule has 0 spiro atoms. The highest BCUT2D eigenvalue weighted by Gasteiger charge is 2.17. The summed E-state index contributed by atoms with van der Waals surface area (Å²) in [5.41, 5.74) is 0.731. The van der Waals surface area contributed by atoms with E-state index in [9.17, 15) is 14.4 Å². The number of nitrogens with zero attached hydrogens (tertiary/aromatic N) is 1. The molecule has 3 aromatic rings. The van der Waals surface area contributed by atoms with Gasteiger partial charge < -0.3 is 14.5 Å². The summed E-state index contributed by atoms with van der Waals surface area (Å²) in [7, 11) is 1.51. The minimum absolute atomic E-state index is 0.111. The van der Waals surface area contributed by atoms with Crippen LogP contribution >= 0.6 is 11.3 Å². The van der Waals surface area contributed by atoms with Gasteiger partial charge in [0.2, 0.25) is 11.8 Å². The van der Waals surface area contributed by atoms with Crippen molar-refractivity contribution in [1.82, 2.24) is 10.3 Å². The molecule has 2 aromatic heterocycles. The van der Waals surface area contributed by atoms with Crippen molar-refractivity contribution in [3.8, 4) is 5.75 Å². The number of amides is 1. The second-order valence-electron chi connectivity index (χ2n) is 6.10. The molecule has 8 heteroatoms. The average molecular weight is 398 g/mol. The number of benzene rings is 1. The lowest BCUT2D eigenvalue weighted by Gasteiger charge is -2.10. The van der Waals surface area contributed by atoms with Crippen molar-refractivity contribution in [2.24, 2.45) is 0 Å². The van der Waals surface area contributed by atoms with Crippen molar-refractivity contribution in [1.29, 1.82) is 0 Å². The number of aryl methyl sites for hydroxylation is 1. The van der Waals surface area contributed by atoms with E-state index in [0.29, 0.717) is 21.5 Å². The van der Waals surface area contributed by atoms with E-state index in [-0.39, 0.29) is 11.7 Å². The van der Waals surface area contributed by atoms with E-state index in [1.54, 1.807) is 31.2 Å². The van der Waals surface area contributed by atoms with Crippen LogP contribution in [0.3, 0.4) is 0 Å². The van der Waals surface area contributed by atoms with Gasteiger partial charge in [-0.2, -0.15) is 0 Å². The number of ether oxygens (including phenoxy) is 1. The van der Waals surface area contributed by atoms with Gasteiger partial charge in [0.15, 0.2) is 5.78 Å². The molecule has 0 fully saturated rings. The Hall–Kier alpha value is -3.26. The molecule has 1 atom stereocenters. The lowest BCUT2D eigenvalue weighted by atomic mass is 10.1. The normalized spacial score (nSPS) is 12.2. The van der Waals surface area contributed by atoms with Gasteiger partial charge in [0.25, 0.3) is 0 Å². The maximum atomic E-state index is 12.2. The first-order valence-electron chi connectivity index (χ1n) is 8.45. The lowest BCUT2D eigenvalue weighted by Crippen LogP contribution is -2.26. The minimum Gasteiger partial charge on any atom is -0.497 e. The van der Waals surface area contributed by atoms with Crippen molar-refractivity contribution < 1.29 is 18.7 Å². The van der Waals surface area contributed by atoms with Crippen LogP contribution in [-0.2, 0) is 4.79 Å². The van der Waals surface area contributed by atoms with Gasteiger partial charge in [-0.1, -0.05) is 12.1 Å². The molecule has 0 saturated heterocycles. The summed E-state index contributed by atoms with van der Waals surface area (Å²) in [5.74, 6) is -0.171. The van der Waals surface area contributed by atoms with Crippen molar-refractivity contribution >= 4 is 33.2 Å². The number of ketones is 1. The molecule has 0 radical (unpaired) electrons. The number of thiophene rings is 1. The van der Waals surface area contributed by atoms with Crippen LogP contribution in [-0.4, -0.2) is 23.8 Å². The Balaban J connectivity index is 1.69. The van der Waals surface area contributed by atoms with Crippen LogP contribution in [0, 0.1) is 6.92 Å². The summed E-state index contributed by atoms with van der Waals surface area (Å²) in [6.07, 6.45) is 2.30. The summed E-state index contributed by atoms with van der Waals surface area (Å²) in [6.45, 7) is 3.46. The summed E-state index contributed by atoms with van der Waals surface area (Å²) < 4.78 is 10.3. The zero-order chi connectivity index (χ0) is 20.3. The molecule has 0 bridgehead atoms. The maximum Gasteiger partial charge on any atom is 0.348 e. The number of fused-ring (bicyclic) bond motifs is 1. The van der Waals surface area contributed by atoms with Crippen LogP contribution in [0.25, 0.3) is 10.2 Å². The third-order valence-corrected chi connectivity index (χ3v) is 5.03.